The fourth-order valence-corrected chi connectivity index (χ4v) is 4.40. The van der Waals surface area contributed by atoms with Crippen LogP contribution in [0.3, 0.4) is 0 Å². The molecule has 0 radical (unpaired) electrons. The Labute approximate surface area is 161 Å². The topological polar surface area (TPSA) is 103 Å². The molecule has 0 aromatic heterocycles. The molecule has 1 aliphatic carbocycles. The van der Waals surface area contributed by atoms with Gasteiger partial charge in [0.25, 0.3) is 0 Å². The van der Waals surface area contributed by atoms with Crippen LogP contribution in [0.2, 0.25) is 0 Å². The Morgan fingerprint density at radius 3 is 2.67 bits per heavy atom. The van der Waals surface area contributed by atoms with Gasteiger partial charge in [0.15, 0.2) is 5.78 Å². The maximum absolute atomic E-state index is 12.7. The maximum Gasteiger partial charge on any atom is 0.246 e. The van der Waals surface area contributed by atoms with E-state index in [9.17, 15) is 14.4 Å². The first kappa shape index (κ1) is 18.4. The molecule has 3 fully saturated rings. The summed E-state index contributed by atoms with van der Waals surface area (Å²) in [6.45, 7) is 1.49. The fraction of sp³-hybridized carbons (Fsp3) is 0.500. The first-order valence-corrected chi connectivity index (χ1v) is 9.53. The zero-order valence-corrected chi connectivity index (χ0v) is 15.6. The van der Waals surface area contributed by atoms with Gasteiger partial charge in [-0.1, -0.05) is 0 Å². The first-order valence-electron chi connectivity index (χ1n) is 9.10. The van der Waals surface area contributed by atoms with E-state index in [0.717, 1.165) is 12.8 Å². The van der Waals surface area contributed by atoms with Gasteiger partial charge in [-0.15, -0.1) is 11.6 Å². The maximum atomic E-state index is 12.7. The number of fused-ring (bicyclic) bond motifs is 3. The van der Waals surface area contributed by atoms with E-state index in [4.69, 9.17) is 11.6 Å². The predicted octanol–water partition coefficient (Wildman–Crippen LogP) is 0.753. The molecule has 4 N–H and O–H groups in total. The summed E-state index contributed by atoms with van der Waals surface area (Å²) in [5.41, 5.74) is 7.20. The van der Waals surface area contributed by atoms with Crippen LogP contribution in [0.15, 0.2) is 24.3 Å². The van der Waals surface area contributed by atoms with E-state index in [1.807, 2.05) is 5.01 Å². The average molecular weight is 392 g/mol. The molecule has 5 unspecified atom stereocenters. The minimum atomic E-state index is -0.642. The van der Waals surface area contributed by atoms with Crippen molar-refractivity contribution < 1.29 is 14.4 Å². The van der Waals surface area contributed by atoms with Crippen LogP contribution in [0.5, 0.6) is 0 Å². The third-order valence-electron chi connectivity index (χ3n) is 5.54. The monoisotopic (exact) mass is 391 g/mol. The third kappa shape index (κ3) is 3.45. The number of amides is 2. The summed E-state index contributed by atoms with van der Waals surface area (Å²) in [5.74, 6) is -0.528. The Morgan fingerprint density at radius 2 is 1.96 bits per heavy atom. The number of hydrogen-bond acceptors (Lipinski definition) is 6. The second-order valence-electron chi connectivity index (χ2n) is 7.30. The Hall–Kier alpha value is -2.00. The van der Waals surface area contributed by atoms with Gasteiger partial charge >= 0.3 is 0 Å². The SMILES string of the molecule is CC(=O)c1ccc(NC(=O)C2NNN3C4CCC(Cl)CC4C(=O)NC23)cc1. The number of Topliss-reactive ketones (excluding diaryl/α,β-unsaturated/α-hetero) is 1. The standard InChI is InChI=1S/C18H22ClN5O3/c1-9(25)10-2-5-12(6-3-10)20-18(27)15-16-21-17(26)13-8-11(19)4-7-14(13)24(16)23-22-15/h2-3,5-6,11,13-16,22-23H,4,7-8H2,1H3,(H,20,27)(H,21,26). The van der Waals surface area contributed by atoms with Gasteiger partial charge in [0.2, 0.25) is 11.8 Å². The fourth-order valence-electron chi connectivity index (χ4n) is 4.08. The van der Waals surface area contributed by atoms with Crippen LogP contribution in [0.4, 0.5) is 5.69 Å². The molecule has 2 aliphatic heterocycles. The molecule has 1 aromatic rings. The third-order valence-corrected chi connectivity index (χ3v) is 5.94. The molecule has 1 aromatic carbocycles. The zero-order valence-electron chi connectivity index (χ0n) is 14.9. The Bertz CT molecular complexity index is 771. The highest BCUT2D eigenvalue weighted by molar-refractivity contribution is 6.20. The zero-order chi connectivity index (χ0) is 19.1. The van der Waals surface area contributed by atoms with Crippen LogP contribution in [0.1, 0.15) is 36.5 Å². The second kappa shape index (κ2) is 7.20. The number of hydrazine groups is 2. The lowest BCUT2D eigenvalue weighted by Crippen LogP contribution is -2.67. The van der Waals surface area contributed by atoms with E-state index >= 15 is 0 Å². The number of ketones is 1. The lowest BCUT2D eigenvalue weighted by molar-refractivity contribution is -0.139. The average Bonchev–Trinajstić information content (AvgIpc) is 3.06. The molecule has 9 heteroatoms. The molecule has 144 valence electrons. The molecular weight excluding hydrogens is 370 g/mol. The molecule has 0 spiro atoms. The number of rotatable bonds is 3. The lowest BCUT2D eigenvalue weighted by Gasteiger charge is -2.45. The van der Waals surface area contributed by atoms with Crippen molar-refractivity contribution in [2.45, 2.75) is 49.8 Å². The highest BCUT2D eigenvalue weighted by atomic mass is 35.5. The lowest BCUT2D eigenvalue weighted by atomic mass is 9.81. The largest absolute Gasteiger partial charge is 0.337 e. The molecule has 1 saturated carbocycles. The highest BCUT2D eigenvalue weighted by Crippen LogP contribution is 2.35. The van der Waals surface area contributed by atoms with E-state index in [2.05, 4.69) is 21.6 Å². The van der Waals surface area contributed by atoms with Crippen LogP contribution >= 0.6 is 11.6 Å². The van der Waals surface area contributed by atoms with Crippen LogP contribution in [0.25, 0.3) is 0 Å². The Kier molecular flexibility index (Phi) is 4.90. The molecule has 27 heavy (non-hydrogen) atoms. The Morgan fingerprint density at radius 1 is 1.22 bits per heavy atom. The molecule has 2 saturated heterocycles. The second-order valence-corrected chi connectivity index (χ2v) is 7.92. The number of nitrogens with one attached hydrogen (secondary N) is 4. The van der Waals surface area contributed by atoms with Gasteiger partial charge in [-0.2, -0.15) is 5.53 Å². The minimum absolute atomic E-state index is 0.0129. The van der Waals surface area contributed by atoms with Crippen molar-refractivity contribution in [3.05, 3.63) is 29.8 Å². The number of alkyl halides is 1. The van der Waals surface area contributed by atoms with Crippen molar-refractivity contribution in [1.82, 2.24) is 21.3 Å². The molecular formula is C18H22ClN5O3. The number of anilines is 1. The van der Waals surface area contributed by atoms with E-state index in [1.54, 1.807) is 24.3 Å². The van der Waals surface area contributed by atoms with Crippen LogP contribution in [-0.4, -0.2) is 46.2 Å². The summed E-state index contributed by atoms with van der Waals surface area (Å²) in [6.07, 6.45) is 1.82. The molecule has 5 atom stereocenters. The summed E-state index contributed by atoms with van der Waals surface area (Å²) in [6, 6.07) is 6.08. The minimum Gasteiger partial charge on any atom is -0.337 e. The van der Waals surface area contributed by atoms with Gasteiger partial charge in [-0.3, -0.25) is 14.4 Å². The van der Waals surface area contributed by atoms with Crippen molar-refractivity contribution >= 4 is 34.9 Å². The van der Waals surface area contributed by atoms with Gasteiger partial charge in [-0.05, 0) is 50.5 Å². The van der Waals surface area contributed by atoms with Crippen molar-refractivity contribution in [1.29, 1.82) is 0 Å². The summed E-state index contributed by atoms with van der Waals surface area (Å²) in [7, 11) is 0. The van der Waals surface area contributed by atoms with E-state index in [1.165, 1.54) is 6.92 Å². The molecule has 4 rings (SSSR count). The van der Waals surface area contributed by atoms with Crippen LogP contribution in [0, 0.1) is 5.92 Å². The van der Waals surface area contributed by atoms with Gasteiger partial charge < -0.3 is 10.6 Å². The number of benzene rings is 1. The van der Waals surface area contributed by atoms with Gasteiger partial charge in [0, 0.05) is 22.7 Å². The van der Waals surface area contributed by atoms with E-state index < -0.39 is 12.2 Å². The summed E-state index contributed by atoms with van der Waals surface area (Å²) < 4.78 is 0. The number of nitrogens with zero attached hydrogens (tertiary/aromatic N) is 1. The smallest absolute Gasteiger partial charge is 0.246 e. The van der Waals surface area contributed by atoms with Crippen molar-refractivity contribution in [2.24, 2.45) is 5.92 Å². The number of carbonyl (C=O) groups is 3. The van der Waals surface area contributed by atoms with E-state index in [-0.39, 0.29) is 34.9 Å². The number of halogens is 1. The molecule has 8 nitrogen and oxygen atoms in total. The summed E-state index contributed by atoms with van der Waals surface area (Å²) in [5, 5.41) is 7.71. The van der Waals surface area contributed by atoms with E-state index in [0.29, 0.717) is 17.7 Å². The van der Waals surface area contributed by atoms with Crippen molar-refractivity contribution in [3.8, 4) is 0 Å². The quantitative estimate of drug-likeness (QED) is 0.448. The summed E-state index contributed by atoms with van der Waals surface area (Å²) in [4.78, 5) is 36.6. The van der Waals surface area contributed by atoms with Gasteiger partial charge in [0.1, 0.15) is 12.2 Å². The van der Waals surface area contributed by atoms with Gasteiger partial charge in [-0.25, -0.2) is 10.4 Å². The molecule has 2 amide bonds. The molecule has 3 aliphatic rings. The van der Waals surface area contributed by atoms with Crippen LogP contribution in [-0.2, 0) is 9.59 Å². The first-order chi connectivity index (χ1) is 12.9. The van der Waals surface area contributed by atoms with Crippen LogP contribution < -0.4 is 21.6 Å². The predicted molar refractivity (Wildman–Crippen MR) is 99.7 cm³/mol. The molecule has 0 bridgehead atoms. The molecule has 2 heterocycles. The van der Waals surface area contributed by atoms with Gasteiger partial charge in [0.05, 0.1) is 5.92 Å². The number of hydrogen-bond donors (Lipinski definition) is 4. The highest BCUT2D eigenvalue weighted by Gasteiger charge is 2.51. The normalized spacial score (nSPS) is 33.0. The van der Waals surface area contributed by atoms with Crippen molar-refractivity contribution in [3.63, 3.8) is 0 Å². The summed E-state index contributed by atoms with van der Waals surface area (Å²) >= 11 is 6.22. The van der Waals surface area contributed by atoms with Crippen molar-refractivity contribution in [2.75, 3.05) is 5.32 Å². The Balaban J connectivity index is 1.45. The number of carbonyl (C=O) groups excluding carboxylic acids is 3.